The molecular weight excluding hydrogens is 292 g/mol. The monoisotopic (exact) mass is 299 g/mol. The zero-order chi connectivity index (χ0) is 15.6. The van der Waals surface area contributed by atoms with Crippen LogP contribution in [0.4, 0.5) is 14.5 Å². The van der Waals surface area contributed by atoms with Crippen LogP contribution >= 0.6 is 0 Å². The van der Waals surface area contributed by atoms with Gasteiger partial charge >= 0.3 is 11.7 Å². The summed E-state index contributed by atoms with van der Waals surface area (Å²) >= 11 is 0. The number of hydrogen-bond acceptors (Lipinski definition) is 5. The molecule has 0 radical (unpaired) electrons. The maximum Gasteiger partial charge on any atom is 0.339 e. The Hall–Kier alpha value is -2.97. The number of carboxylic acids is 1. The van der Waals surface area contributed by atoms with Crippen LogP contribution in [0.25, 0.3) is 0 Å². The Morgan fingerprint density at radius 2 is 2.10 bits per heavy atom. The van der Waals surface area contributed by atoms with Gasteiger partial charge in [0.2, 0.25) is 5.82 Å². The first-order chi connectivity index (χ1) is 9.90. The lowest BCUT2D eigenvalue weighted by atomic mass is 10.2. The van der Waals surface area contributed by atoms with E-state index in [0.29, 0.717) is 12.1 Å². The van der Waals surface area contributed by atoms with E-state index in [-0.39, 0.29) is 11.3 Å². The van der Waals surface area contributed by atoms with E-state index in [4.69, 9.17) is 14.3 Å². The van der Waals surface area contributed by atoms with Crippen molar-refractivity contribution in [3.63, 3.8) is 0 Å². The third kappa shape index (κ3) is 2.96. The molecule has 0 unspecified atom stereocenters. The number of furan rings is 1. The van der Waals surface area contributed by atoms with E-state index in [1.807, 2.05) is 0 Å². The SMILES string of the molecule is O=C(O)c1ccoc1COc1cc(F)c([N+](=O)[O-])cc1F. The average Bonchev–Trinajstić information content (AvgIpc) is 2.87. The Bertz CT molecular complexity index is 712. The highest BCUT2D eigenvalue weighted by molar-refractivity contribution is 5.88. The van der Waals surface area contributed by atoms with Gasteiger partial charge in [-0.3, -0.25) is 10.1 Å². The molecule has 2 rings (SSSR count). The fourth-order valence-electron chi connectivity index (χ4n) is 1.55. The summed E-state index contributed by atoms with van der Waals surface area (Å²) in [5.41, 5.74) is -1.21. The Morgan fingerprint density at radius 3 is 2.71 bits per heavy atom. The summed E-state index contributed by atoms with van der Waals surface area (Å²) in [6, 6.07) is 2.07. The molecule has 9 heteroatoms. The molecule has 0 aliphatic carbocycles. The van der Waals surface area contributed by atoms with Crippen LogP contribution in [0.1, 0.15) is 16.1 Å². The second-order valence-electron chi connectivity index (χ2n) is 3.84. The fraction of sp³-hybridized carbons (Fsp3) is 0.0833. The van der Waals surface area contributed by atoms with Gasteiger partial charge in [0.15, 0.2) is 17.3 Å². The molecule has 1 heterocycles. The predicted octanol–water partition coefficient (Wildman–Crippen LogP) is 2.74. The number of rotatable bonds is 5. The van der Waals surface area contributed by atoms with Crippen molar-refractivity contribution in [3.05, 3.63) is 57.5 Å². The van der Waals surface area contributed by atoms with Gasteiger partial charge in [-0.2, -0.15) is 4.39 Å². The maximum absolute atomic E-state index is 13.5. The average molecular weight is 299 g/mol. The van der Waals surface area contributed by atoms with Crippen molar-refractivity contribution >= 4 is 11.7 Å². The van der Waals surface area contributed by atoms with Crippen LogP contribution in [0, 0.1) is 21.7 Å². The Kier molecular flexibility index (Phi) is 3.83. The van der Waals surface area contributed by atoms with Crippen LogP contribution in [0.2, 0.25) is 0 Å². The summed E-state index contributed by atoms with van der Waals surface area (Å²) in [5, 5.41) is 19.3. The first-order valence-corrected chi connectivity index (χ1v) is 5.46. The standard InChI is InChI=1S/C12H7F2NO6/c13-7-4-10(8(14)3-9(7)15(18)19)21-5-11-6(12(16)17)1-2-20-11/h1-4H,5H2,(H,16,17). The van der Waals surface area contributed by atoms with Crippen molar-refractivity contribution in [1.82, 2.24) is 0 Å². The zero-order valence-electron chi connectivity index (χ0n) is 10.2. The van der Waals surface area contributed by atoms with Gasteiger partial charge in [0.1, 0.15) is 12.2 Å². The summed E-state index contributed by atoms with van der Waals surface area (Å²) in [5.74, 6) is -4.37. The smallest absolute Gasteiger partial charge is 0.339 e. The highest BCUT2D eigenvalue weighted by atomic mass is 19.1. The van der Waals surface area contributed by atoms with E-state index >= 15 is 0 Å². The largest absolute Gasteiger partial charge is 0.482 e. The molecule has 1 aromatic carbocycles. The molecule has 0 amide bonds. The van der Waals surface area contributed by atoms with Crippen molar-refractivity contribution in [2.75, 3.05) is 0 Å². The van der Waals surface area contributed by atoms with E-state index in [0.717, 1.165) is 6.26 Å². The Labute approximate surface area is 115 Å². The second-order valence-corrected chi connectivity index (χ2v) is 3.84. The number of nitro groups is 1. The molecule has 0 saturated carbocycles. The second kappa shape index (κ2) is 5.57. The summed E-state index contributed by atoms with van der Waals surface area (Å²) in [6.07, 6.45) is 1.11. The summed E-state index contributed by atoms with van der Waals surface area (Å²) in [6.45, 7) is -0.469. The van der Waals surface area contributed by atoms with E-state index in [2.05, 4.69) is 0 Å². The lowest BCUT2D eigenvalue weighted by Crippen LogP contribution is -2.04. The van der Waals surface area contributed by atoms with Crippen molar-refractivity contribution in [1.29, 1.82) is 0 Å². The first-order valence-electron chi connectivity index (χ1n) is 5.46. The number of carboxylic acid groups (broad SMARTS) is 1. The van der Waals surface area contributed by atoms with Crippen LogP contribution < -0.4 is 4.74 Å². The van der Waals surface area contributed by atoms with Crippen LogP contribution in [-0.4, -0.2) is 16.0 Å². The minimum atomic E-state index is -1.27. The van der Waals surface area contributed by atoms with Gasteiger partial charge < -0.3 is 14.3 Å². The highest BCUT2D eigenvalue weighted by Crippen LogP contribution is 2.27. The number of halogens is 2. The molecule has 110 valence electrons. The van der Waals surface area contributed by atoms with Gasteiger partial charge in [-0.25, -0.2) is 9.18 Å². The van der Waals surface area contributed by atoms with E-state index < -0.39 is 40.6 Å². The molecule has 7 nitrogen and oxygen atoms in total. The van der Waals surface area contributed by atoms with Crippen LogP contribution in [0.5, 0.6) is 5.75 Å². The quantitative estimate of drug-likeness (QED) is 0.672. The maximum atomic E-state index is 13.5. The number of benzene rings is 1. The van der Waals surface area contributed by atoms with Crippen molar-refractivity contribution in [2.45, 2.75) is 6.61 Å². The normalized spacial score (nSPS) is 10.4. The minimum absolute atomic E-state index is 0.0966. The zero-order valence-corrected chi connectivity index (χ0v) is 10.2. The molecule has 1 N–H and O–H groups in total. The molecule has 0 saturated heterocycles. The van der Waals surface area contributed by atoms with Crippen LogP contribution in [-0.2, 0) is 6.61 Å². The van der Waals surface area contributed by atoms with Crippen molar-refractivity contribution in [2.24, 2.45) is 0 Å². The molecule has 0 spiro atoms. The number of ether oxygens (including phenoxy) is 1. The lowest BCUT2D eigenvalue weighted by Gasteiger charge is -2.06. The summed E-state index contributed by atoms with van der Waals surface area (Å²) in [7, 11) is 0. The third-order valence-corrected chi connectivity index (χ3v) is 2.53. The van der Waals surface area contributed by atoms with Crippen LogP contribution in [0.3, 0.4) is 0 Å². The Balaban J connectivity index is 2.21. The molecule has 0 aliphatic heterocycles. The molecule has 0 bridgehead atoms. The topological polar surface area (TPSA) is 103 Å². The first kappa shape index (κ1) is 14.4. The molecular formula is C12H7F2NO6. The fourth-order valence-corrected chi connectivity index (χ4v) is 1.55. The highest BCUT2D eigenvalue weighted by Gasteiger charge is 2.20. The predicted molar refractivity (Wildman–Crippen MR) is 63.0 cm³/mol. The molecule has 0 fully saturated rings. The van der Waals surface area contributed by atoms with Crippen LogP contribution in [0.15, 0.2) is 28.9 Å². The third-order valence-electron chi connectivity index (χ3n) is 2.53. The van der Waals surface area contributed by atoms with Crippen molar-refractivity contribution < 1.29 is 32.8 Å². The number of carbonyl (C=O) groups is 1. The van der Waals surface area contributed by atoms with Gasteiger partial charge in [-0.1, -0.05) is 0 Å². The van der Waals surface area contributed by atoms with E-state index in [1.165, 1.54) is 6.07 Å². The van der Waals surface area contributed by atoms with Gasteiger partial charge in [-0.15, -0.1) is 0 Å². The minimum Gasteiger partial charge on any atom is -0.482 e. The number of aromatic carboxylic acids is 1. The number of hydrogen-bond donors (Lipinski definition) is 1. The van der Waals surface area contributed by atoms with E-state index in [9.17, 15) is 23.7 Å². The molecule has 1 aromatic heterocycles. The molecule has 2 aromatic rings. The van der Waals surface area contributed by atoms with Gasteiger partial charge in [-0.05, 0) is 6.07 Å². The summed E-state index contributed by atoms with van der Waals surface area (Å²) in [4.78, 5) is 20.2. The number of nitro benzene ring substituents is 1. The number of nitrogens with zero attached hydrogens (tertiary/aromatic N) is 1. The van der Waals surface area contributed by atoms with Gasteiger partial charge in [0.05, 0.1) is 17.3 Å². The van der Waals surface area contributed by atoms with Crippen molar-refractivity contribution in [3.8, 4) is 5.75 Å². The lowest BCUT2D eigenvalue weighted by molar-refractivity contribution is -0.387. The van der Waals surface area contributed by atoms with E-state index in [1.54, 1.807) is 0 Å². The summed E-state index contributed by atoms with van der Waals surface area (Å²) < 4.78 is 36.6. The Morgan fingerprint density at radius 1 is 1.38 bits per heavy atom. The molecule has 0 atom stereocenters. The molecule has 0 aliphatic rings. The van der Waals surface area contributed by atoms with Gasteiger partial charge in [0.25, 0.3) is 0 Å². The molecule has 21 heavy (non-hydrogen) atoms. The van der Waals surface area contributed by atoms with Gasteiger partial charge in [0, 0.05) is 6.07 Å².